The zero-order valence-electron chi connectivity index (χ0n) is 17.4. The average molecular weight is 429 g/mol. The van der Waals surface area contributed by atoms with Gasteiger partial charge in [-0.05, 0) is 66.8 Å². The molecule has 0 spiro atoms. The van der Waals surface area contributed by atoms with Crippen molar-refractivity contribution in [3.05, 3.63) is 80.9 Å². The molecule has 2 aromatic rings. The topological polar surface area (TPSA) is 122 Å². The number of ketones is 3. The SMILES string of the molecule is COC12CCc3cc(C)c(C(=O)O)cc3C1C(=O)c1cc3c(cc1C2=O)C(=N)C=CC3=O. The van der Waals surface area contributed by atoms with Crippen molar-refractivity contribution >= 4 is 29.0 Å². The maximum atomic E-state index is 13.8. The Morgan fingerprint density at radius 3 is 2.47 bits per heavy atom. The Bertz CT molecular complexity index is 1330. The standard InChI is InChI=1S/C25H19NO6/c1-11-7-12-5-6-25(32-2)21(14(12)8-13(11)24(30)31)22(28)17-10-16-15(9-18(17)23(25)29)19(26)3-4-20(16)27/h3-4,7-10,21,26H,5-6H2,1-2H3,(H,30,31). The van der Waals surface area contributed by atoms with E-state index < -0.39 is 17.5 Å². The Kier molecular flexibility index (Phi) is 4.19. The van der Waals surface area contributed by atoms with Gasteiger partial charge in [0.15, 0.2) is 17.3 Å². The summed E-state index contributed by atoms with van der Waals surface area (Å²) in [5, 5.41) is 17.7. The molecule has 0 fully saturated rings. The Hall–Kier alpha value is -3.71. The zero-order chi connectivity index (χ0) is 22.9. The number of carboxylic acid groups (broad SMARTS) is 1. The number of benzene rings is 2. The van der Waals surface area contributed by atoms with Gasteiger partial charge in [0.05, 0.1) is 17.2 Å². The molecular weight excluding hydrogens is 410 g/mol. The molecule has 2 unspecified atom stereocenters. The van der Waals surface area contributed by atoms with Gasteiger partial charge in [-0.3, -0.25) is 14.4 Å². The minimum Gasteiger partial charge on any atom is -0.478 e. The van der Waals surface area contributed by atoms with Crippen LogP contribution in [-0.2, 0) is 11.2 Å². The Balaban J connectivity index is 1.78. The Morgan fingerprint density at radius 2 is 1.78 bits per heavy atom. The molecule has 7 heteroatoms. The normalized spacial score (nSPS) is 23.4. The summed E-state index contributed by atoms with van der Waals surface area (Å²) in [4.78, 5) is 51.7. The summed E-state index contributed by atoms with van der Waals surface area (Å²) in [6.07, 6.45) is 3.36. The first kappa shape index (κ1) is 20.2. The van der Waals surface area contributed by atoms with Crippen LogP contribution in [0.15, 0.2) is 36.4 Å². The summed E-state index contributed by atoms with van der Waals surface area (Å²) < 4.78 is 5.75. The summed E-state index contributed by atoms with van der Waals surface area (Å²) in [6, 6.07) is 6.07. The second-order valence-electron chi connectivity index (χ2n) is 8.45. The first-order valence-electron chi connectivity index (χ1n) is 10.2. The van der Waals surface area contributed by atoms with Crippen molar-refractivity contribution in [3.8, 4) is 0 Å². The summed E-state index contributed by atoms with van der Waals surface area (Å²) in [5.74, 6) is -3.24. The van der Waals surface area contributed by atoms with Crippen molar-refractivity contribution in [2.45, 2.75) is 31.3 Å². The summed E-state index contributed by atoms with van der Waals surface area (Å²) in [6.45, 7) is 1.70. The highest BCUT2D eigenvalue weighted by Gasteiger charge is 2.57. The predicted molar refractivity (Wildman–Crippen MR) is 114 cm³/mol. The van der Waals surface area contributed by atoms with Crippen LogP contribution < -0.4 is 0 Å². The van der Waals surface area contributed by atoms with E-state index in [2.05, 4.69) is 0 Å². The van der Waals surface area contributed by atoms with Crippen LogP contribution in [0.2, 0.25) is 0 Å². The quantitative estimate of drug-likeness (QED) is 0.755. The third-order valence-corrected chi connectivity index (χ3v) is 6.90. The predicted octanol–water partition coefficient (Wildman–Crippen LogP) is 3.31. The Labute approximate surface area is 183 Å². The number of carbonyl (C=O) groups excluding carboxylic acids is 3. The van der Waals surface area contributed by atoms with E-state index in [4.69, 9.17) is 10.1 Å². The molecule has 2 N–H and O–H groups in total. The number of aromatic carboxylic acids is 1. The molecule has 0 saturated heterocycles. The molecule has 32 heavy (non-hydrogen) atoms. The average Bonchev–Trinajstić information content (AvgIpc) is 2.78. The molecule has 3 aliphatic rings. The first-order chi connectivity index (χ1) is 15.2. The number of rotatable bonds is 2. The smallest absolute Gasteiger partial charge is 0.335 e. The lowest BCUT2D eigenvalue weighted by molar-refractivity contribution is -0.0220. The fourth-order valence-corrected chi connectivity index (χ4v) is 5.27. The second kappa shape index (κ2) is 6.64. The maximum Gasteiger partial charge on any atom is 0.335 e. The van der Waals surface area contributed by atoms with Crippen LogP contribution >= 0.6 is 0 Å². The number of ether oxygens (including phenoxy) is 1. The molecule has 3 aliphatic carbocycles. The first-order valence-corrected chi connectivity index (χ1v) is 10.2. The highest BCUT2D eigenvalue weighted by Crippen LogP contribution is 2.49. The molecular formula is C25H19NO6. The monoisotopic (exact) mass is 429 g/mol. The van der Waals surface area contributed by atoms with E-state index in [1.165, 1.54) is 37.5 Å². The van der Waals surface area contributed by atoms with E-state index in [1.807, 2.05) is 0 Å². The summed E-state index contributed by atoms with van der Waals surface area (Å²) in [5.41, 5.74) is 1.31. The van der Waals surface area contributed by atoms with Crippen LogP contribution in [0.25, 0.3) is 0 Å². The van der Waals surface area contributed by atoms with Gasteiger partial charge in [-0.2, -0.15) is 0 Å². The molecule has 0 aliphatic heterocycles. The van der Waals surface area contributed by atoms with Gasteiger partial charge in [0.2, 0.25) is 0 Å². The fraction of sp³-hybridized carbons (Fsp3) is 0.240. The van der Waals surface area contributed by atoms with E-state index in [1.54, 1.807) is 13.0 Å². The molecule has 2 aromatic carbocycles. The van der Waals surface area contributed by atoms with Crippen molar-refractivity contribution in [1.29, 1.82) is 5.41 Å². The lowest BCUT2D eigenvalue weighted by Crippen LogP contribution is -2.55. The van der Waals surface area contributed by atoms with Crippen LogP contribution in [0.1, 0.15) is 76.0 Å². The van der Waals surface area contributed by atoms with Crippen LogP contribution in [0.3, 0.4) is 0 Å². The maximum absolute atomic E-state index is 13.8. The van der Waals surface area contributed by atoms with Gasteiger partial charge in [0.1, 0.15) is 5.60 Å². The van der Waals surface area contributed by atoms with Crippen LogP contribution in [-0.4, -0.2) is 46.8 Å². The lowest BCUT2D eigenvalue weighted by atomic mass is 9.61. The zero-order valence-corrected chi connectivity index (χ0v) is 17.4. The van der Waals surface area contributed by atoms with Crippen molar-refractivity contribution in [1.82, 2.24) is 0 Å². The van der Waals surface area contributed by atoms with Crippen LogP contribution in [0, 0.1) is 12.3 Å². The number of hydrogen-bond donors (Lipinski definition) is 2. The van der Waals surface area contributed by atoms with Crippen molar-refractivity contribution < 1.29 is 29.0 Å². The molecule has 0 aromatic heterocycles. The van der Waals surface area contributed by atoms with E-state index in [-0.39, 0.29) is 51.7 Å². The van der Waals surface area contributed by atoms with E-state index >= 15 is 0 Å². The van der Waals surface area contributed by atoms with Gasteiger partial charge in [0, 0.05) is 29.4 Å². The lowest BCUT2D eigenvalue weighted by Gasteiger charge is -2.45. The third kappa shape index (κ3) is 2.48. The molecule has 5 rings (SSSR count). The number of allylic oxidation sites excluding steroid dienone is 2. The van der Waals surface area contributed by atoms with Crippen molar-refractivity contribution in [2.24, 2.45) is 0 Å². The summed E-state index contributed by atoms with van der Waals surface area (Å²) in [7, 11) is 1.38. The van der Waals surface area contributed by atoms with E-state index in [0.29, 0.717) is 23.1 Å². The Morgan fingerprint density at radius 1 is 1.06 bits per heavy atom. The highest BCUT2D eigenvalue weighted by atomic mass is 16.5. The van der Waals surface area contributed by atoms with E-state index in [0.717, 1.165) is 5.56 Å². The fourth-order valence-electron chi connectivity index (χ4n) is 5.27. The van der Waals surface area contributed by atoms with Crippen molar-refractivity contribution in [3.63, 3.8) is 0 Å². The molecule has 160 valence electrons. The van der Waals surface area contributed by atoms with E-state index in [9.17, 15) is 24.3 Å². The van der Waals surface area contributed by atoms with Gasteiger partial charge in [-0.15, -0.1) is 0 Å². The molecule has 0 bridgehead atoms. The second-order valence-corrected chi connectivity index (χ2v) is 8.45. The minimum absolute atomic E-state index is 0.0703. The minimum atomic E-state index is -1.47. The largest absolute Gasteiger partial charge is 0.478 e. The van der Waals surface area contributed by atoms with Gasteiger partial charge in [0.25, 0.3) is 0 Å². The number of carboxylic acids is 1. The molecule has 0 radical (unpaired) electrons. The molecule has 7 nitrogen and oxygen atoms in total. The summed E-state index contributed by atoms with van der Waals surface area (Å²) >= 11 is 0. The molecule has 2 atom stereocenters. The molecule has 0 saturated carbocycles. The van der Waals surface area contributed by atoms with Gasteiger partial charge in [-0.25, -0.2) is 4.79 Å². The molecule has 0 amide bonds. The van der Waals surface area contributed by atoms with Gasteiger partial charge in [-0.1, -0.05) is 6.07 Å². The molecule has 0 heterocycles. The number of nitrogens with one attached hydrogen (secondary N) is 1. The number of fused-ring (bicyclic) bond motifs is 5. The van der Waals surface area contributed by atoms with Gasteiger partial charge >= 0.3 is 5.97 Å². The number of aryl methyl sites for hydroxylation is 2. The number of methoxy groups -OCH3 is 1. The van der Waals surface area contributed by atoms with Crippen molar-refractivity contribution in [2.75, 3.05) is 7.11 Å². The number of hydrogen-bond acceptors (Lipinski definition) is 6. The highest BCUT2D eigenvalue weighted by molar-refractivity contribution is 6.27. The number of Topliss-reactive ketones (excluding diaryl/α,β-unsaturated/α-hetero) is 2. The van der Waals surface area contributed by atoms with Gasteiger partial charge < -0.3 is 15.3 Å². The number of carbonyl (C=O) groups is 4. The third-order valence-electron chi connectivity index (χ3n) is 6.90. The van der Waals surface area contributed by atoms with Crippen LogP contribution in [0.4, 0.5) is 0 Å². The van der Waals surface area contributed by atoms with Crippen LogP contribution in [0.5, 0.6) is 0 Å².